The molecule has 0 bridgehead atoms. The lowest BCUT2D eigenvalue weighted by Crippen LogP contribution is -2.26. The van der Waals surface area contributed by atoms with Crippen LogP contribution in [-0.2, 0) is 6.18 Å². The van der Waals surface area contributed by atoms with Crippen molar-refractivity contribution in [2.45, 2.75) is 32.5 Å². The Morgan fingerprint density at radius 2 is 1.65 bits per heavy atom. The molecular weight excluding hydrogens is 329 g/mol. The number of hydrogen-bond acceptors (Lipinski definition) is 4. The molecule has 1 heterocycles. The Hall–Kier alpha value is -2.02. The van der Waals surface area contributed by atoms with E-state index < -0.39 is 11.7 Å². The van der Waals surface area contributed by atoms with Crippen LogP contribution in [0.1, 0.15) is 26.3 Å². The SMILES string of the molecule is CC(C)(C)Nc1cc(Nc2cc(C(F)(F)F)ccc2Cl)ncn1. The van der Waals surface area contributed by atoms with Gasteiger partial charge in [0.15, 0.2) is 0 Å². The van der Waals surface area contributed by atoms with E-state index in [1.54, 1.807) is 6.07 Å². The quantitative estimate of drug-likeness (QED) is 0.813. The number of hydrogen-bond donors (Lipinski definition) is 2. The van der Waals surface area contributed by atoms with Gasteiger partial charge < -0.3 is 10.6 Å². The Bertz CT molecular complexity index is 696. The third kappa shape index (κ3) is 4.99. The van der Waals surface area contributed by atoms with Crippen LogP contribution in [0.2, 0.25) is 5.02 Å². The van der Waals surface area contributed by atoms with E-state index in [9.17, 15) is 13.2 Å². The smallest absolute Gasteiger partial charge is 0.365 e. The van der Waals surface area contributed by atoms with E-state index in [0.29, 0.717) is 11.6 Å². The number of rotatable bonds is 3. The fourth-order valence-electron chi connectivity index (χ4n) is 1.81. The maximum atomic E-state index is 12.8. The molecule has 2 N–H and O–H groups in total. The summed E-state index contributed by atoms with van der Waals surface area (Å²) in [6.45, 7) is 5.89. The molecule has 8 heteroatoms. The van der Waals surface area contributed by atoms with Crippen LogP contribution in [0.25, 0.3) is 0 Å². The molecule has 124 valence electrons. The normalized spacial score (nSPS) is 12.1. The lowest BCUT2D eigenvalue weighted by molar-refractivity contribution is -0.137. The summed E-state index contributed by atoms with van der Waals surface area (Å²) in [5.41, 5.74) is -0.868. The fraction of sp³-hybridized carbons (Fsp3) is 0.333. The van der Waals surface area contributed by atoms with Gasteiger partial charge in [-0.3, -0.25) is 0 Å². The van der Waals surface area contributed by atoms with Crippen molar-refractivity contribution in [2.24, 2.45) is 0 Å². The van der Waals surface area contributed by atoms with Gasteiger partial charge in [-0.15, -0.1) is 0 Å². The van der Waals surface area contributed by atoms with E-state index in [4.69, 9.17) is 11.6 Å². The molecule has 0 atom stereocenters. The lowest BCUT2D eigenvalue weighted by atomic mass is 10.1. The third-order valence-corrected chi connectivity index (χ3v) is 3.06. The minimum atomic E-state index is -4.44. The van der Waals surface area contributed by atoms with Crippen LogP contribution in [0.5, 0.6) is 0 Å². The summed E-state index contributed by atoms with van der Waals surface area (Å²) in [5, 5.41) is 6.11. The molecule has 2 rings (SSSR count). The largest absolute Gasteiger partial charge is 0.416 e. The van der Waals surface area contributed by atoms with Crippen molar-refractivity contribution in [1.82, 2.24) is 9.97 Å². The molecule has 0 saturated carbocycles. The molecule has 0 aliphatic rings. The molecule has 1 aromatic carbocycles. The molecule has 0 aliphatic heterocycles. The summed E-state index contributed by atoms with van der Waals surface area (Å²) in [4.78, 5) is 8.07. The molecule has 0 saturated heterocycles. The molecule has 2 aromatic rings. The molecule has 0 spiro atoms. The first-order valence-corrected chi connectivity index (χ1v) is 7.16. The van der Waals surface area contributed by atoms with Gasteiger partial charge in [-0.05, 0) is 39.0 Å². The van der Waals surface area contributed by atoms with E-state index >= 15 is 0 Å². The van der Waals surface area contributed by atoms with Crippen molar-refractivity contribution in [2.75, 3.05) is 10.6 Å². The average molecular weight is 345 g/mol. The summed E-state index contributed by atoms with van der Waals surface area (Å²) < 4.78 is 38.3. The van der Waals surface area contributed by atoms with Crippen LogP contribution < -0.4 is 10.6 Å². The number of alkyl halides is 3. The van der Waals surface area contributed by atoms with Crippen LogP contribution >= 0.6 is 11.6 Å². The second-order valence-electron chi connectivity index (χ2n) is 5.98. The van der Waals surface area contributed by atoms with Gasteiger partial charge in [-0.1, -0.05) is 11.6 Å². The highest BCUT2D eigenvalue weighted by atomic mass is 35.5. The lowest BCUT2D eigenvalue weighted by Gasteiger charge is -2.21. The highest BCUT2D eigenvalue weighted by Gasteiger charge is 2.31. The molecule has 0 fully saturated rings. The van der Waals surface area contributed by atoms with Gasteiger partial charge >= 0.3 is 6.18 Å². The topological polar surface area (TPSA) is 49.8 Å². The molecule has 0 radical (unpaired) electrons. The van der Waals surface area contributed by atoms with Crippen molar-refractivity contribution in [1.29, 1.82) is 0 Å². The molecule has 1 aromatic heterocycles. The molecule has 23 heavy (non-hydrogen) atoms. The Balaban J connectivity index is 2.27. The van der Waals surface area contributed by atoms with Crippen molar-refractivity contribution in [3.8, 4) is 0 Å². The zero-order valence-corrected chi connectivity index (χ0v) is 13.5. The summed E-state index contributed by atoms with van der Waals surface area (Å²) >= 11 is 5.95. The number of benzene rings is 1. The van der Waals surface area contributed by atoms with Gasteiger partial charge in [0.05, 0.1) is 16.3 Å². The fourth-order valence-corrected chi connectivity index (χ4v) is 1.98. The summed E-state index contributed by atoms with van der Waals surface area (Å²) in [7, 11) is 0. The van der Waals surface area contributed by atoms with Gasteiger partial charge in [0.25, 0.3) is 0 Å². The van der Waals surface area contributed by atoms with Gasteiger partial charge in [-0.25, -0.2) is 9.97 Å². The predicted molar refractivity (Wildman–Crippen MR) is 85.1 cm³/mol. The second kappa shape index (κ2) is 6.23. The maximum Gasteiger partial charge on any atom is 0.416 e. The zero-order chi connectivity index (χ0) is 17.3. The Kier molecular flexibility index (Phi) is 4.70. The first-order chi connectivity index (χ1) is 10.5. The van der Waals surface area contributed by atoms with Crippen LogP contribution in [0.15, 0.2) is 30.6 Å². The Morgan fingerprint density at radius 3 is 2.26 bits per heavy atom. The number of anilines is 3. The van der Waals surface area contributed by atoms with Crippen LogP contribution in [0.3, 0.4) is 0 Å². The average Bonchev–Trinajstić information content (AvgIpc) is 2.38. The van der Waals surface area contributed by atoms with Gasteiger partial charge in [0, 0.05) is 11.6 Å². The Morgan fingerprint density at radius 1 is 1.00 bits per heavy atom. The van der Waals surface area contributed by atoms with Crippen molar-refractivity contribution in [3.05, 3.63) is 41.2 Å². The van der Waals surface area contributed by atoms with E-state index in [1.807, 2.05) is 20.8 Å². The van der Waals surface area contributed by atoms with Gasteiger partial charge in [-0.2, -0.15) is 13.2 Å². The van der Waals surface area contributed by atoms with Crippen molar-refractivity contribution < 1.29 is 13.2 Å². The minimum absolute atomic E-state index is 0.127. The number of aromatic nitrogens is 2. The van der Waals surface area contributed by atoms with Gasteiger partial charge in [0.1, 0.15) is 18.0 Å². The molecule has 0 unspecified atom stereocenters. The highest BCUT2D eigenvalue weighted by Crippen LogP contribution is 2.34. The van der Waals surface area contributed by atoms with Crippen molar-refractivity contribution in [3.63, 3.8) is 0 Å². The van der Waals surface area contributed by atoms with E-state index in [2.05, 4.69) is 20.6 Å². The first kappa shape index (κ1) is 17.3. The molecular formula is C15H16ClF3N4. The standard InChI is InChI=1S/C15H16ClF3N4/c1-14(2,3)23-13-7-12(20-8-21-13)22-11-6-9(15(17,18)19)4-5-10(11)16/h4-8H,1-3H3,(H2,20,21,22,23). The van der Waals surface area contributed by atoms with Crippen LogP contribution in [-0.4, -0.2) is 15.5 Å². The predicted octanol–water partition coefficient (Wildman–Crippen LogP) is 5.10. The first-order valence-electron chi connectivity index (χ1n) is 6.78. The zero-order valence-electron chi connectivity index (χ0n) is 12.8. The molecule has 0 amide bonds. The van der Waals surface area contributed by atoms with Crippen LogP contribution in [0.4, 0.5) is 30.5 Å². The summed E-state index contributed by atoms with van der Waals surface area (Å²) in [5.74, 6) is 0.895. The van der Waals surface area contributed by atoms with E-state index in [-0.39, 0.29) is 16.2 Å². The number of halogens is 4. The highest BCUT2D eigenvalue weighted by molar-refractivity contribution is 6.33. The minimum Gasteiger partial charge on any atom is -0.365 e. The molecule has 0 aliphatic carbocycles. The third-order valence-electron chi connectivity index (χ3n) is 2.73. The molecule has 4 nitrogen and oxygen atoms in total. The summed E-state index contributed by atoms with van der Waals surface area (Å²) in [6, 6.07) is 4.67. The van der Waals surface area contributed by atoms with E-state index in [0.717, 1.165) is 12.1 Å². The van der Waals surface area contributed by atoms with E-state index in [1.165, 1.54) is 12.4 Å². The number of nitrogens with zero attached hydrogens (tertiary/aromatic N) is 2. The van der Waals surface area contributed by atoms with Gasteiger partial charge in [0.2, 0.25) is 0 Å². The second-order valence-corrected chi connectivity index (χ2v) is 6.39. The maximum absolute atomic E-state index is 12.8. The summed E-state index contributed by atoms with van der Waals surface area (Å²) in [6.07, 6.45) is -3.12. The Labute approximate surface area is 137 Å². The monoisotopic (exact) mass is 344 g/mol. The number of nitrogens with one attached hydrogen (secondary N) is 2. The van der Waals surface area contributed by atoms with Crippen LogP contribution in [0, 0.1) is 0 Å². The van der Waals surface area contributed by atoms with Crippen molar-refractivity contribution >= 4 is 28.9 Å².